The summed E-state index contributed by atoms with van der Waals surface area (Å²) in [6, 6.07) is 18.7. The van der Waals surface area contributed by atoms with Crippen LogP contribution < -0.4 is 10.2 Å². The summed E-state index contributed by atoms with van der Waals surface area (Å²) in [6.45, 7) is 0.658. The van der Waals surface area contributed by atoms with Crippen LogP contribution in [0.25, 0.3) is 0 Å². The van der Waals surface area contributed by atoms with E-state index in [1.807, 2.05) is 47.8 Å². The molecular weight excluding hydrogens is 332 g/mol. The summed E-state index contributed by atoms with van der Waals surface area (Å²) in [5.74, 6) is -0.288. The van der Waals surface area contributed by atoms with Gasteiger partial charge in [-0.1, -0.05) is 36.4 Å². The molecular formula is C20H16N2O2S. The number of carbonyl (C=O) groups is 2. The molecule has 0 bridgehead atoms. The van der Waals surface area contributed by atoms with E-state index in [1.165, 1.54) is 16.9 Å². The van der Waals surface area contributed by atoms with Crippen molar-refractivity contribution in [2.24, 2.45) is 0 Å². The van der Waals surface area contributed by atoms with Crippen molar-refractivity contribution >= 4 is 34.5 Å². The van der Waals surface area contributed by atoms with Crippen molar-refractivity contribution in [2.75, 3.05) is 16.8 Å². The van der Waals surface area contributed by atoms with Gasteiger partial charge in [0.15, 0.2) is 0 Å². The number of nitrogens with one attached hydrogen (secondary N) is 1. The summed E-state index contributed by atoms with van der Waals surface area (Å²) in [7, 11) is 0. The van der Waals surface area contributed by atoms with Gasteiger partial charge in [0.25, 0.3) is 11.8 Å². The second-order valence-corrected chi connectivity index (χ2v) is 6.76. The first-order chi connectivity index (χ1) is 12.2. The minimum Gasteiger partial charge on any atom is -0.321 e. The Bertz CT molecular complexity index is 934. The van der Waals surface area contributed by atoms with Gasteiger partial charge in [-0.2, -0.15) is 0 Å². The zero-order chi connectivity index (χ0) is 17.2. The van der Waals surface area contributed by atoms with Gasteiger partial charge in [-0.3, -0.25) is 9.59 Å². The molecule has 0 aliphatic carbocycles. The molecule has 0 spiro atoms. The van der Waals surface area contributed by atoms with E-state index in [9.17, 15) is 9.59 Å². The summed E-state index contributed by atoms with van der Waals surface area (Å²) >= 11 is 1.37. The molecule has 3 aromatic rings. The zero-order valence-corrected chi connectivity index (χ0v) is 14.3. The number of hydrogen-bond acceptors (Lipinski definition) is 3. The van der Waals surface area contributed by atoms with Crippen molar-refractivity contribution in [2.45, 2.75) is 6.42 Å². The van der Waals surface area contributed by atoms with Gasteiger partial charge in [-0.25, -0.2) is 0 Å². The van der Waals surface area contributed by atoms with E-state index < -0.39 is 0 Å². The van der Waals surface area contributed by atoms with Crippen molar-refractivity contribution < 1.29 is 9.59 Å². The number of para-hydroxylation sites is 2. The number of anilines is 2. The fourth-order valence-corrected chi connectivity index (χ4v) is 3.68. The second-order valence-electron chi connectivity index (χ2n) is 5.81. The Hall–Kier alpha value is -2.92. The average Bonchev–Trinajstić information content (AvgIpc) is 3.31. The van der Waals surface area contributed by atoms with E-state index in [-0.39, 0.29) is 11.8 Å². The summed E-state index contributed by atoms with van der Waals surface area (Å²) in [5.41, 5.74) is 3.17. The molecule has 2 amide bonds. The van der Waals surface area contributed by atoms with Crippen LogP contribution in [0.3, 0.4) is 0 Å². The minimum absolute atomic E-state index is 0.0907. The molecule has 4 nitrogen and oxygen atoms in total. The number of hydrogen-bond donors (Lipinski definition) is 1. The van der Waals surface area contributed by atoms with Crippen LogP contribution in [0.1, 0.15) is 25.6 Å². The zero-order valence-electron chi connectivity index (χ0n) is 13.4. The maximum absolute atomic E-state index is 13.1. The Balaban J connectivity index is 1.63. The summed E-state index contributed by atoms with van der Waals surface area (Å²) < 4.78 is 0. The fraction of sp³-hybridized carbons (Fsp3) is 0.100. The molecule has 1 N–H and O–H groups in total. The SMILES string of the molecule is O=C(Nc1ccccc1C(=O)N1CCc2ccccc21)c1cccs1. The van der Waals surface area contributed by atoms with E-state index in [2.05, 4.69) is 5.32 Å². The van der Waals surface area contributed by atoms with Gasteiger partial charge in [0, 0.05) is 12.2 Å². The van der Waals surface area contributed by atoms with Crippen LogP contribution in [0.5, 0.6) is 0 Å². The predicted molar refractivity (Wildman–Crippen MR) is 101 cm³/mol. The molecule has 0 fully saturated rings. The first-order valence-corrected chi connectivity index (χ1v) is 8.95. The molecule has 0 atom stereocenters. The molecule has 0 radical (unpaired) electrons. The number of amides is 2. The van der Waals surface area contributed by atoms with E-state index in [0.29, 0.717) is 22.7 Å². The van der Waals surface area contributed by atoms with Crippen LogP contribution in [0.4, 0.5) is 11.4 Å². The van der Waals surface area contributed by atoms with Gasteiger partial charge < -0.3 is 10.2 Å². The highest BCUT2D eigenvalue weighted by atomic mass is 32.1. The van der Waals surface area contributed by atoms with Crippen LogP contribution in [0.2, 0.25) is 0 Å². The molecule has 1 aliphatic rings. The highest BCUT2D eigenvalue weighted by Crippen LogP contribution is 2.30. The highest BCUT2D eigenvalue weighted by molar-refractivity contribution is 7.12. The molecule has 2 heterocycles. The molecule has 1 aliphatic heterocycles. The maximum atomic E-state index is 13.1. The van der Waals surface area contributed by atoms with Crippen molar-refractivity contribution in [3.63, 3.8) is 0 Å². The number of rotatable bonds is 3. The molecule has 5 heteroatoms. The van der Waals surface area contributed by atoms with Gasteiger partial charge in [0.1, 0.15) is 0 Å². The Kier molecular flexibility index (Phi) is 4.07. The third-order valence-electron chi connectivity index (χ3n) is 4.28. The predicted octanol–water partition coefficient (Wildman–Crippen LogP) is 4.20. The number of fused-ring (bicyclic) bond motifs is 1. The molecule has 0 saturated heterocycles. The van der Waals surface area contributed by atoms with Crippen molar-refractivity contribution in [1.29, 1.82) is 0 Å². The molecule has 124 valence electrons. The van der Waals surface area contributed by atoms with Crippen LogP contribution in [-0.2, 0) is 6.42 Å². The normalized spacial score (nSPS) is 12.7. The van der Waals surface area contributed by atoms with E-state index in [4.69, 9.17) is 0 Å². The lowest BCUT2D eigenvalue weighted by atomic mass is 10.1. The first-order valence-electron chi connectivity index (χ1n) is 8.08. The van der Waals surface area contributed by atoms with E-state index >= 15 is 0 Å². The lowest BCUT2D eigenvalue weighted by Gasteiger charge is -2.19. The van der Waals surface area contributed by atoms with Gasteiger partial charge in [-0.15, -0.1) is 11.3 Å². The van der Waals surface area contributed by atoms with Crippen molar-refractivity contribution in [3.8, 4) is 0 Å². The smallest absolute Gasteiger partial charge is 0.265 e. The molecule has 4 rings (SSSR count). The minimum atomic E-state index is -0.197. The molecule has 0 saturated carbocycles. The van der Waals surface area contributed by atoms with Crippen molar-refractivity contribution in [1.82, 2.24) is 0 Å². The lowest BCUT2D eigenvalue weighted by molar-refractivity contribution is 0.0990. The number of benzene rings is 2. The Morgan fingerprint density at radius 3 is 2.60 bits per heavy atom. The molecule has 2 aromatic carbocycles. The van der Waals surface area contributed by atoms with Gasteiger partial charge in [0.2, 0.25) is 0 Å². The van der Waals surface area contributed by atoms with Crippen LogP contribution in [-0.4, -0.2) is 18.4 Å². The molecule has 1 aromatic heterocycles. The van der Waals surface area contributed by atoms with Crippen LogP contribution in [0, 0.1) is 0 Å². The van der Waals surface area contributed by atoms with Gasteiger partial charge in [0.05, 0.1) is 16.1 Å². The quantitative estimate of drug-likeness (QED) is 0.771. The average molecular weight is 348 g/mol. The number of carbonyl (C=O) groups excluding carboxylic acids is 2. The summed E-state index contributed by atoms with van der Waals surface area (Å²) in [5, 5.41) is 4.72. The third kappa shape index (κ3) is 2.94. The second kappa shape index (κ2) is 6.53. The largest absolute Gasteiger partial charge is 0.321 e. The number of nitrogens with zero attached hydrogens (tertiary/aromatic N) is 1. The first kappa shape index (κ1) is 15.6. The molecule has 0 unspecified atom stereocenters. The lowest BCUT2D eigenvalue weighted by Crippen LogP contribution is -2.30. The standard InChI is InChI=1S/C20H16N2O2S/c23-19(18-10-5-13-25-18)21-16-8-3-2-7-15(16)20(24)22-12-11-14-6-1-4-9-17(14)22/h1-10,13H,11-12H2,(H,21,23). The maximum Gasteiger partial charge on any atom is 0.265 e. The van der Waals surface area contributed by atoms with Crippen LogP contribution in [0.15, 0.2) is 66.0 Å². The number of thiophene rings is 1. The Labute approximate surface area is 149 Å². The van der Waals surface area contributed by atoms with Crippen LogP contribution >= 0.6 is 11.3 Å². The summed E-state index contributed by atoms with van der Waals surface area (Å²) in [6.07, 6.45) is 0.853. The highest BCUT2D eigenvalue weighted by Gasteiger charge is 2.26. The van der Waals surface area contributed by atoms with Gasteiger partial charge in [-0.05, 0) is 41.6 Å². The van der Waals surface area contributed by atoms with Gasteiger partial charge >= 0.3 is 0 Å². The van der Waals surface area contributed by atoms with Crippen molar-refractivity contribution in [3.05, 3.63) is 82.0 Å². The Morgan fingerprint density at radius 2 is 1.76 bits per heavy atom. The topological polar surface area (TPSA) is 49.4 Å². The Morgan fingerprint density at radius 1 is 0.960 bits per heavy atom. The van der Waals surface area contributed by atoms with E-state index in [1.54, 1.807) is 23.1 Å². The monoisotopic (exact) mass is 348 g/mol. The molecule has 25 heavy (non-hydrogen) atoms. The van der Waals surface area contributed by atoms with E-state index in [0.717, 1.165) is 12.1 Å². The fourth-order valence-electron chi connectivity index (χ4n) is 3.06. The summed E-state index contributed by atoms with van der Waals surface area (Å²) in [4.78, 5) is 27.8. The third-order valence-corrected chi connectivity index (χ3v) is 5.15.